The van der Waals surface area contributed by atoms with Crippen LogP contribution in [0.25, 0.3) is 0 Å². The van der Waals surface area contributed by atoms with Crippen molar-refractivity contribution in [3.05, 3.63) is 29.8 Å². The van der Waals surface area contributed by atoms with Crippen molar-refractivity contribution in [3.63, 3.8) is 0 Å². The fourth-order valence-corrected chi connectivity index (χ4v) is 0.772. The van der Waals surface area contributed by atoms with Crippen molar-refractivity contribution >= 4 is 5.69 Å². The molecule has 60 valence electrons. The Hall–Kier alpha value is -1.10. The van der Waals surface area contributed by atoms with E-state index in [1.54, 1.807) is 24.3 Å². The first-order valence-electron chi connectivity index (χ1n) is 3.23. The Bertz CT molecular complexity index is 234. The Morgan fingerprint density at radius 1 is 0.909 bits per heavy atom. The number of hydrogen-bond acceptors (Lipinski definition) is 4. The van der Waals surface area contributed by atoms with Crippen molar-refractivity contribution in [3.8, 4) is 0 Å². The molecule has 0 amide bonds. The second-order valence-corrected chi connectivity index (χ2v) is 2.56. The van der Waals surface area contributed by atoms with E-state index in [-0.39, 0.29) is 0 Å². The lowest BCUT2D eigenvalue weighted by Gasteiger charge is -2.18. The molecule has 1 aromatic rings. The van der Waals surface area contributed by atoms with E-state index in [0.717, 1.165) is 0 Å². The van der Waals surface area contributed by atoms with E-state index in [2.05, 4.69) is 0 Å². The first-order chi connectivity index (χ1) is 5.00. The van der Waals surface area contributed by atoms with Crippen LogP contribution in [0.15, 0.2) is 24.3 Å². The van der Waals surface area contributed by atoms with Gasteiger partial charge in [0.15, 0.2) is 0 Å². The topological polar surface area (TPSA) is 104 Å². The van der Waals surface area contributed by atoms with Crippen LogP contribution in [0.5, 0.6) is 0 Å². The monoisotopic (exact) mass is 152 g/mol. The van der Waals surface area contributed by atoms with Crippen molar-refractivity contribution in [2.45, 2.75) is 5.79 Å². The molecule has 0 saturated carbocycles. The summed E-state index contributed by atoms with van der Waals surface area (Å²) in [5.74, 6) is -1.27. The molecule has 11 heavy (non-hydrogen) atoms. The standard InChI is InChI=1S/C7H12N4/c8-6-3-1-5(2-4-6)7(9,10)11/h1-4H,8-11H2. The highest BCUT2D eigenvalue weighted by atomic mass is 15.1. The fourth-order valence-electron chi connectivity index (χ4n) is 0.772. The Labute approximate surface area is 65.2 Å². The van der Waals surface area contributed by atoms with Gasteiger partial charge < -0.3 is 5.73 Å². The molecule has 8 N–H and O–H groups in total. The fraction of sp³-hybridized carbons (Fsp3) is 0.143. The minimum absolute atomic E-state index is 0.659. The minimum atomic E-state index is -1.27. The van der Waals surface area contributed by atoms with Crippen molar-refractivity contribution in [1.82, 2.24) is 0 Å². The van der Waals surface area contributed by atoms with Crippen LogP contribution in [0.2, 0.25) is 0 Å². The molecule has 0 radical (unpaired) electrons. The summed E-state index contributed by atoms with van der Waals surface area (Å²) in [5.41, 5.74) is 23.0. The van der Waals surface area contributed by atoms with Gasteiger partial charge in [0.05, 0.1) is 0 Å². The van der Waals surface area contributed by atoms with Crippen LogP contribution in [-0.4, -0.2) is 0 Å². The number of hydrogen-bond donors (Lipinski definition) is 4. The van der Waals surface area contributed by atoms with E-state index in [1.807, 2.05) is 0 Å². The number of nitrogen functional groups attached to an aromatic ring is 1. The molecule has 0 spiro atoms. The van der Waals surface area contributed by atoms with Gasteiger partial charge in [0.2, 0.25) is 0 Å². The summed E-state index contributed by atoms with van der Waals surface area (Å²) >= 11 is 0. The third kappa shape index (κ3) is 1.91. The normalized spacial score (nSPS) is 11.5. The molecule has 0 heterocycles. The van der Waals surface area contributed by atoms with E-state index >= 15 is 0 Å². The maximum absolute atomic E-state index is 5.45. The van der Waals surface area contributed by atoms with Gasteiger partial charge in [-0.05, 0) is 12.1 Å². The average molecular weight is 152 g/mol. The van der Waals surface area contributed by atoms with Crippen molar-refractivity contribution in [2.75, 3.05) is 5.73 Å². The first kappa shape index (κ1) is 8.00. The van der Waals surface area contributed by atoms with Crippen LogP contribution >= 0.6 is 0 Å². The lowest BCUT2D eigenvalue weighted by Crippen LogP contribution is -2.54. The largest absolute Gasteiger partial charge is 0.399 e. The predicted octanol–water partition coefficient (Wildman–Crippen LogP) is -0.745. The summed E-state index contributed by atoms with van der Waals surface area (Å²) in [6.45, 7) is 0. The van der Waals surface area contributed by atoms with Gasteiger partial charge in [-0.1, -0.05) is 12.1 Å². The maximum atomic E-state index is 5.45. The van der Waals surface area contributed by atoms with Crippen LogP contribution in [0.1, 0.15) is 5.56 Å². The van der Waals surface area contributed by atoms with Gasteiger partial charge in [-0.15, -0.1) is 0 Å². The molecule has 0 aromatic heterocycles. The van der Waals surface area contributed by atoms with Crippen molar-refractivity contribution in [1.29, 1.82) is 0 Å². The Morgan fingerprint density at radius 3 is 1.73 bits per heavy atom. The highest BCUT2D eigenvalue weighted by Crippen LogP contribution is 2.09. The Balaban J connectivity index is 2.99. The zero-order valence-corrected chi connectivity index (χ0v) is 6.12. The molecule has 0 aliphatic rings. The van der Waals surface area contributed by atoms with Gasteiger partial charge in [0.1, 0.15) is 5.79 Å². The summed E-state index contributed by atoms with van der Waals surface area (Å²) in [6, 6.07) is 6.82. The summed E-state index contributed by atoms with van der Waals surface area (Å²) in [4.78, 5) is 0. The molecule has 0 bridgehead atoms. The second-order valence-electron chi connectivity index (χ2n) is 2.56. The first-order valence-corrected chi connectivity index (χ1v) is 3.23. The van der Waals surface area contributed by atoms with Gasteiger partial charge in [-0.2, -0.15) is 0 Å². The molecule has 0 fully saturated rings. The van der Waals surface area contributed by atoms with Crippen LogP contribution in [0.4, 0.5) is 5.69 Å². The third-order valence-corrected chi connectivity index (χ3v) is 1.41. The maximum Gasteiger partial charge on any atom is 0.142 e. The highest BCUT2D eigenvalue weighted by Gasteiger charge is 2.13. The zero-order chi connectivity index (χ0) is 8.48. The third-order valence-electron chi connectivity index (χ3n) is 1.41. The Kier molecular flexibility index (Phi) is 1.82. The summed E-state index contributed by atoms with van der Waals surface area (Å²) in [5, 5.41) is 0. The molecule has 1 rings (SSSR count). The van der Waals surface area contributed by atoms with E-state index in [1.165, 1.54) is 0 Å². The number of benzene rings is 1. The van der Waals surface area contributed by atoms with Gasteiger partial charge in [0.25, 0.3) is 0 Å². The molecule has 4 nitrogen and oxygen atoms in total. The lowest BCUT2D eigenvalue weighted by molar-refractivity contribution is 0.488. The summed E-state index contributed by atoms with van der Waals surface area (Å²) in [6.07, 6.45) is 0. The van der Waals surface area contributed by atoms with E-state index in [4.69, 9.17) is 22.9 Å². The summed E-state index contributed by atoms with van der Waals surface area (Å²) in [7, 11) is 0. The van der Waals surface area contributed by atoms with E-state index < -0.39 is 5.79 Å². The summed E-state index contributed by atoms with van der Waals surface area (Å²) < 4.78 is 0. The van der Waals surface area contributed by atoms with E-state index in [0.29, 0.717) is 11.3 Å². The molecule has 0 atom stereocenters. The molecule has 4 heteroatoms. The van der Waals surface area contributed by atoms with Crippen LogP contribution in [0, 0.1) is 0 Å². The van der Waals surface area contributed by atoms with E-state index in [9.17, 15) is 0 Å². The highest BCUT2D eigenvalue weighted by molar-refractivity contribution is 5.40. The van der Waals surface area contributed by atoms with Gasteiger partial charge in [-0.25, -0.2) is 0 Å². The lowest BCUT2D eigenvalue weighted by atomic mass is 10.1. The van der Waals surface area contributed by atoms with Crippen LogP contribution in [0.3, 0.4) is 0 Å². The van der Waals surface area contributed by atoms with Crippen molar-refractivity contribution in [2.24, 2.45) is 17.2 Å². The van der Waals surface area contributed by atoms with Gasteiger partial charge >= 0.3 is 0 Å². The van der Waals surface area contributed by atoms with Crippen molar-refractivity contribution < 1.29 is 0 Å². The molecule has 0 unspecified atom stereocenters. The minimum Gasteiger partial charge on any atom is -0.399 e. The molecular weight excluding hydrogens is 140 g/mol. The average Bonchev–Trinajstić information content (AvgIpc) is 1.86. The predicted molar refractivity (Wildman–Crippen MR) is 45.1 cm³/mol. The SMILES string of the molecule is Nc1ccc(C(N)(N)N)cc1. The Morgan fingerprint density at radius 2 is 1.36 bits per heavy atom. The van der Waals surface area contributed by atoms with Crippen LogP contribution < -0.4 is 22.9 Å². The molecule has 0 saturated heterocycles. The van der Waals surface area contributed by atoms with Gasteiger partial charge in [0, 0.05) is 11.3 Å². The number of rotatable bonds is 1. The van der Waals surface area contributed by atoms with Crippen LogP contribution in [-0.2, 0) is 5.79 Å². The number of nitrogens with two attached hydrogens (primary N) is 4. The molecular formula is C7H12N4. The molecule has 0 aliphatic carbocycles. The number of anilines is 1. The quantitative estimate of drug-likeness (QED) is 0.314. The van der Waals surface area contributed by atoms with Gasteiger partial charge in [-0.3, -0.25) is 17.2 Å². The second kappa shape index (κ2) is 2.50. The smallest absolute Gasteiger partial charge is 0.142 e. The molecule has 1 aromatic carbocycles. The zero-order valence-electron chi connectivity index (χ0n) is 6.12. The molecule has 0 aliphatic heterocycles.